The summed E-state index contributed by atoms with van der Waals surface area (Å²) in [5.74, 6) is 0.0832. The highest BCUT2D eigenvalue weighted by Gasteiger charge is 2.32. The first-order valence-electron chi connectivity index (χ1n) is 4.62. The lowest BCUT2D eigenvalue weighted by molar-refractivity contribution is -0.225. The molecule has 0 aromatic rings. The van der Waals surface area contributed by atoms with Crippen molar-refractivity contribution in [2.24, 2.45) is 5.92 Å². The van der Waals surface area contributed by atoms with Crippen LogP contribution in [0.25, 0.3) is 0 Å². The van der Waals surface area contributed by atoms with Crippen LogP contribution in [0.15, 0.2) is 0 Å². The molecule has 0 spiro atoms. The van der Waals surface area contributed by atoms with E-state index in [-0.39, 0.29) is 5.92 Å². The van der Waals surface area contributed by atoms with Crippen molar-refractivity contribution in [2.45, 2.75) is 39.7 Å². The molecule has 0 saturated carbocycles. The summed E-state index contributed by atoms with van der Waals surface area (Å²) < 4.78 is 4.95. The molecule has 1 N–H and O–H groups in total. The molecule has 0 saturated heterocycles. The molecule has 1 atom stereocenters. The summed E-state index contributed by atoms with van der Waals surface area (Å²) in [5, 5.41) is 8.07. The van der Waals surface area contributed by atoms with E-state index in [4.69, 9.17) is 9.84 Å². The number of carbonyl (C=O) groups excluding carboxylic acids is 1. The summed E-state index contributed by atoms with van der Waals surface area (Å²) in [4.78, 5) is 28.4. The highest BCUT2D eigenvalue weighted by molar-refractivity contribution is 5.62. The van der Waals surface area contributed by atoms with Crippen LogP contribution in [-0.4, -0.2) is 23.0 Å². The van der Waals surface area contributed by atoms with Crippen LogP contribution in [0.1, 0.15) is 34.1 Å². The molecule has 0 fully saturated rings. The van der Waals surface area contributed by atoms with Gasteiger partial charge in [-0.1, -0.05) is 20.8 Å². The van der Waals surface area contributed by atoms with Gasteiger partial charge < -0.3 is 9.84 Å². The van der Waals surface area contributed by atoms with Crippen molar-refractivity contribution in [2.75, 3.05) is 0 Å². The molecule has 0 amide bonds. The van der Waals surface area contributed by atoms with Crippen LogP contribution >= 0.6 is 0 Å². The van der Waals surface area contributed by atoms with Gasteiger partial charge in [0.05, 0.1) is 0 Å². The molecule has 0 unspecified atom stereocenters. The Hall–Kier alpha value is -1.46. The SMILES string of the molecule is CC[C@@](C)(OC(=O)OOC(=O)O)C(C)C. The van der Waals surface area contributed by atoms with Crippen LogP contribution in [0.5, 0.6) is 0 Å². The van der Waals surface area contributed by atoms with Gasteiger partial charge in [0.15, 0.2) is 0 Å². The number of rotatable bonds is 3. The first kappa shape index (κ1) is 13.5. The average molecular weight is 220 g/mol. The number of ether oxygens (including phenoxy) is 1. The van der Waals surface area contributed by atoms with Crippen molar-refractivity contribution in [3.05, 3.63) is 0 Å². The first-order chi connectivity index (χ1) is 6.81. The minimum Gasteiger partial charge on any atom is -0.447 e. The molecule has 0 bridgehead atoms. The fourth-order valence-electron chi connectivity index (χ4n) is 0.875. The van der Waals surface area contributed by atoms with Crippen LogP contribution in [0, 0.1) is 5.92 Å². The van der Waals surface area contributed by atoms with E-state index in [2.05, 4.69) is 9.78 Å². The van der Waals surface area contributed by atoms with Crippen molar-refractivity contribution < 1.29 is 29.2 Å². The van der Waals surface area contributed by atoms with E-state index in [0.29, 0.717) is 6.42 Å². The van der Waals surface area contributed by atoms with Gasteiger partial charge in [0.2, 0.25) is 0 Å². The normalized spacial score (nSPS) is 14.2. The highest BCUT2D eigenvalue weighted by atomic mass is 17.3. The van der Waals surface area contributed by atoms with Gasteiger partial charge in [0.1, 0.15) is 5.60 Å². The van der Waals surface area contributed by atoms with Crippen LogP contribution in [0.4, 0.5) is 9.59 Å². The smallest absolute Gasteiger partial charge is 0.447 e. The zero-order valence-corrected chi connectivity index (χ0v) is 9.27. The molecule has 6 heteroatoms. The second-order valence-corrected chi connectivity index (χ2v) is 3.61. The van der Waals surface area contributed by atoms with Crippen molar-refractivity contribution in [1.29, 1.82) is 0 Å². The molecular weight excluding hydrogens is 204 g/mol. The predicted octanol–water partition coefficient (Wildman–Crippen LogP) is 2.57. The topological polar surface area (TPSA) is 82.1 Å². The van der Waals surface area contributed by atoms with E-state index in [1.807, 2.05) is 20.8 Å². The van der Waals surface area contributed by atoms with Gasteiger partial charge in [0.25, 0.3) is 0 Å². The summed E-state index contributed by atoms with van der Waals surface area (Å²) in [5.41, 5.74) is -0.695. The van der Waals surface area contributed by atoms with Gasteiger partial charge in [0, 0.05) is 0 Å². The second-order valence-electron chi connectivity index (χ2n) is 3.61. The zero-order valence-electron chi connectivity index (χ0n) is 9.27. The van der Waals surface area contributed by atoms with Crippen LogP contribution in [0.3, 0.4) is 0 Å². The predicted molar refractivity (Wildman–Crippen MR) is 50.2 cm³/mol. The Labute approximate surface area is 88.0 Å². The standard InChI is InChI=1S/C9H16O6/c1-5-9(4,6(2)3)13-8(12)15-14-7(10)11/h6H,5H2,1-4H3,(H,10,11)/t9-/m1/s1. The Morgan fingerprint density at radius 2 is 1.87 bits per heavy atom. The third-order valence-corrected chi connectivity index (χ3v) is 2.42. The highest BCUT2D eigenvalue weighted by Crippen LogP contribution is 2.25. The zero-order chi connectivity index (χ0) is 12.1. The monoisotopic (exact) mass is 220 g/mol. The number of hydrogen-bond donors (Lipinski definition) is 1. The largest absolute Gasteiger partial charge is 0.550 e. The van der Waals surface area contributed by atoms with Gasteiger partial charge in [-0.05, 0) is 19.3 Å². The third kappa shape index (κ3) is 4.53. The van der Waals surface area contributed by atoms with Crippen LogP contribution in [0.2, 0.25) is 0 Å². The lowest BCUT2D eigenvalue weighted by atomic mass is 9.90. The van der Waals surface area contributed by atoms with Gasteiger partial charge in [-0.2, -0.15) is 9.68 Å². The molecule has 0 aliphatic rings. The number of carbonyl (C=O) groups is 2. The summed E-state index contributed by atoms with van der Waals surface area (Å²) in [6.45, 7) is 7.36. The molecular formula is C9H16O6. The Morgan fingerprint density at radius 3 is 2.20 bits per heavy atom. The lowest BCUT2D eigenvalue weighted by Crippen LogP contribution is -2.36. The number of hydrogen-bond acceptors (Lipinski definition) is 5. The molecule has 0 radical (unpaired) electrons. The second kappa shape index (κ2) is 5.43. The number of carboxylic acid groups (broad SMARTS) is 1. The van der Waals surface area contributed by atoms with E-state index in [9.17, 15) is 9.59 Å². The minimum absolute atomic E-state index is 0.0832. The molecule has 0 aromatic carbocycles. The minimum atomic E-state index is -1.70. The summed E-state index contributed by atoms with van der Waals surface area (Å²) >= 11 is 0. The molecule has 0 aliphatic carbocycles. The fraction of sp³-hybridized carbons (Fsp3) is 0.778. The van der Waals surface area contributed by atoms with Crippen molar-refractivity contribution in [1.82, 2.24) is 0 Å². The van der Waals surface area contributed by atoms with Gasteiger partial charge in [-0.3, -0.25) is 0 Å². The van der Waals surface area contributed by atoms with Crippen LogP contribution in [-0.2, 0) is 14.5 Å². The Bertz CT molecular complexity index is 237. The average Bonchev–Trinajstić information content (AvgIpc) is 2.14. The fourth-order valence-corrected chi connectivity index (χ4v) is 0.875. The Kier molecular flexibility index (Phi) is 4.90. The maximum Gasteiger partial charge on any atom is 0.550 e. The van der Waals surface area contributed by atoms with Crippen molar-refractivity contribution >= 4 is 12.3 Å². The maximum absolute atomic E-state index is 11.0. The van der Waals surface area contributed by atoms with Crippen molar-refractivity contribution in [3.8, 4) is 0 Å². The van der Waals surface area contributed by atoms with E-state index < -0.39 is 17.9 Å². The molecule has 0 rings (SSSR count). The lowest BCUT2D eigenvalue weighted by Gasteiger charge is -2.30. The van der Waals surface area contributed by atoms with Crippen molar-refractivity contribution in [3.63, 3.8) is 0 Å². The Morgan fingerprint density at radius 1 is 1.33 bits per heavy atom. The van der Waals surface area contributed by atoms with Gasteiger partial charge in [-0.25, -0.2) is 9.68 Å². The molecule has 0 aromatic heterocycles. The third-order valence-electron chi connectivity index (χ3n) is 2.42. The van der Waals surface area contributed by atoms with E-state index >= 15 is 0 Å². The van der Waals surface area contributed by atoms with Gasteiger partial charge >= 0.3 is 12.3 Å². The van der Waals surface area contributed by atoms with Gasteiger partial charge in [-0.15, -0.1) is 0 Å². The summed E-state index contributed by atoms with van der Waals surface area (Å²) in [7, 11) is 0. The summed E-state index contributed by atoms with van der Waals surface area (Å²) in [6.07, 6.45) is -2.27. The van der Waals surface area contributed by atoms with E-state index in [1.54, 1.807) is 6.92 Å². The molecule has 0 heterocycles. The van der Waals surface area contributed by atoms with Crippen LogP contribution < -0.4 is 0 Å². The molecule has 0 aliphatic heterocycles. The first-order valence-corrected chi connectivity index (χ1v) is 4.62. The Balaban J connectivity index is 4.19. The maximum atomic E-state index is 11.0. The quantitative estimate of drug-likeness (QED) is 0.447. The van der Waals surface area contributed by atoms with E-state index in [1.165, 1.54) is 0 Å². The van der Waals surface area contributed by atoms with E-state index in [0.717, 1.165) is 0 Å². The molecule has 88 valence electrons. The molecule has 6 nitrogen and oxygen atoms in total. The molecule has 15 heavy (non-hydrogen) atoms. The summed E-state index contributed by atoms with van der Waals surface area (Å²) in [6, 6.07) is 0.